The molecule has 1 aromatic heterocycles. The first-order chi connectivity index (χ1) is 17.3. The first-order valence-corrected chi connectivity index (χ1v) is 12.4. The molecule has 1 atom stereocenters. The number of carboxylic acid groups (broad SMARTS) is 1. The van der Waals surface area contributed by atoms with E-state index in [2.05, 4.69) is 86.8 Å². The van der Waals surface area contributed by atoms with E-state index in [0.29, 0.717) is 0 Å². The number of carbonyl (C=O) groups is 1. The second-order valence-corrected chi connectivity index (χ2v) is 10.3. The Bertz CT molecular complexity index is 1520. The van der Waals surface area contributed by atoms with Crippen LogP contribution >= 0.6 is 0 Å². The summed E-state index contributed by atoms with van der Waals surface area (Å²) in [5.74, 6) is -0.720. The fourth-order valence-corrected chi connectivity index (χ4v) is 4.72. The molecule has 1 radical (unpaired) electrons. The molecule has 0 saturated carbocycles. The molecule has 2 N–H and O–H groups in total. The van der Waals surface area contributed by atoms with Crippen molar-refractivity contribution in [3.05, 3.63) is 84.6 Å². The monoisotopic (exact) mass is 669 g/mol. The molecule has 191 valence electrons. The Morgan fingerprint density at radius 3 is 2.30 bits per heavy atom. The zero-order chi connectivity index (χ0) is 25.3. The van der Waals surface area contributed by atoms with Crippen LogP contribution in [-0.4, -0.2) is 33.6 Å². The number of nitrogens with one attached hydrogen (secondary N) is 1. The number of rotatable bonds is 2. The Morgan fingerprint density at radius 2 is 1.68 bits per heavy atom. The van der Waals surface area contributed by atoms with E-state index in [-0.39, 0.29) is 31.6 Å². The van der Waals surface area contributed by atoms with Gasteiger partial charge in [0.2, 0.25) is 0 Å². The maximum Gasteiger partial charge on any atom is 0.320 e. The van der Waals surface area contributed by atoms with Crippen LogP contribution < -0.4 is 5.32 Å². The quantitative estimate of drug-likeness (QED) is 0.166. The summed E-state index contributed by atoms with van der Waals surface area (Å²) in [6, 6.07) is 26.3. The third-order valence-corrected chi connectivity index (χ3v) is 6.74. The molecule has 5 aromatic rings. The van der Waals surface area contributed by atoms with Gasteiger partial charge in [0.15, 0.2) is 0 Å². The van der Waals surface area contributed by atoms with Gasteiger partial charge in [0.05, 0.1) is 11.2 Å². The number of fused-ring (bicyclic) bond motifs is 6. The molecule has 0 spiro atoms. The van der Waals surface area contributed by atoms with Crippen molar-refractivity contribution in [2.75, 3.05) is 6.54 Å². The summed E-state index contributed by atoms with van der Waals surface area (Å²) in [7, 11) is 0. The predicted molar refractivity (Wildman–Crippen MR) is 146 cm³/mol. The molecular formula is C31H30IrN3O2-. The van der Waals surface area contributed by atoms with Crippen molar-refractivity contribution in [3.63, 3.8) is 0 Å². The maximum absolute atomic E-state index is 10.1. The van der Waals surface area contributed by atoms with Crippen LogP contribution in [0.3, 0.4) is 0 Å². The van der Waals surface area contributed by atoms with E-state index in [9.17, 15) is 4.79 Å². The van der Waals surface area contributed by atoms with E-state index in [1.807, 2.05) is 18.3 Å². The summed E-state index contributed by atoms with van der Waals surface area (Å²) >= 11 is 0. The molecule has 2 heterocycles. The van der Waals surface area contributed by atoms with E-state index < -0.39 is 5.97 Å². The number of hydrogen-bond acceptors (Lipinski definition) is 4. The molecule has 0 bridgehead atoms. The predicted octanol–water partition coefficient (Wildman–Crippen LogP) is 6.52. The molecule has 1 unspecified atom stereocenters. The number of nitrogens with zero attached hydrogens (tertiary/aromatic N) is 2. The fourth-order valence-electron chi connectivity index (χ4n) is 4.72. The summed E-state index contributed by atoms with van der Waals surface area (Å²) in [6.07, 6.45) is 3.66. The van der Waals surface area contributed by atoms with Crippen LogP contribution in [0.5, 0.6) is 0 Å². The van der Waals surface area contributed by atoms with E-state index in [4.69, 9.17) is 15.1 Å². The Morgan fingerprint density at radius 1 is 0.973 bits per heavy atom. The van der Waals surface area contributed by atoms with Crippen molar-refractivity contribution in [2.45, 2.75) is 45.1 Å². The molecule has 1 saturated heterocycles. The van der Waals surface area contributed by atoms with E-state index in [1.165, 1.54) is 16.3 Å². The minimum atomic E-state index is -0.720. The number of hydrogen-bond donors (Lipinski definition) is 2. The molecule has 4 aromatic carbocycles. The normalized spacial score (nSPS) is 15.3. The van der Waals surface area contributed by atoms with Crippen LogP contribution in [0, 0.1) is 6.07 Å². The van der Waals surface area contributed by atoms with Crippen molar-refractivity contribution >= 4 is 38.5 Å². The summed E-state index contributed by atoms with van der Waals surface area (Å²) in [6.45, 7) is 7.54. The molecule has 37 heavy (non-hydrogen) atoms. The zero-order valence-corrected chi connectivity index (χ0v) is 23.6. The molecule has 1 aliphatic heterocycles. The second-order valence-electron chi connectivity index (χ2n) is 10.3. The van der Waals surface area contributed by atoms with Crippen LogP contribution in [0.1, 0.15) is 39.2 Å². The van der Waals surface area contributed by atoms with Crippen molar-refractivity contribution in [1.29, 1.82) is 0 Å². The minimum absolute atomic E-state index is 0. The van der Waals surface area contributed by atoms with Gasteiger partial charge < -0.3 is 15.4 Å². The van der Waals surface area contributed by atoms with Gasteiger partial charge in [0, 0.05) is 37.4 Å². The average molecular weight is 669 g/mol. The maximum atomic E-state index is 10.1. The van der Waals surface area contributed by atoms with Crippen LogP contribution in [-0.2, 0) is 30.3 Å². The van der Waals surface area contributed by atoms with Crippen LogP contribution in [0.2, 0.25) is 0 Å². The molecule has 0 amide bonds. The Labute approximate surface area is 230 Å². The Hall–Kier alpha value is -3.18. The summed E-state index contributed by atoms with van der Waals surface area (Å²) in [5.41, 5.74) is 5.28. The molecule has 6 heteroatoms. The van der Waals surface area contributed by atoms with Crippen LogP contribution in [0.4, 0.5) is 0 Å². The third-order valence-electron chi connectivity index (χ3n) is 6.74. The fraction of sp³-hybridized carbons (Fsp3) is 0.258. The first kappa shape index (κ1) is 26.9. The Kier molecular flexibility index (Phi) is 8.03. The smallest absolute Gasteiger partial charge is 0.320 e. The molecule has 0 aliphatic carbocycles. The van der Waals surface area contributed by atoms with Crippen molar-refractivity contribution in [3.8, 4) is 11.3 Å². The number of carboxylic acids is 1. The standard InChI is InChI=1S/C26H21N2.C5H9NO2.Ir/c1-26(2,3)18-14-12-17(13-15-18)23-16-27-24-21-10-6-4-8-19(21)20-9-5-7-11-22(20)25(24)28-23;7-5(8)4-2-1-3-6-4;/h4-9,11-16H,1-3H3;4,6H,1-3H2,(H,7,8);/q-1;;. The largest absolute Gasteiger partial charge is 0.480 e. The van der Waals surface area contributed by atoms with E-state index in [0.717, 1.165) is 52.4 Å². The van der Waals surface area contributed by atoms with Crippen LogP contribution in [0.15, 0.2) is 72.9 Å². The topological polar surface area (TPSA) is 75.1 Å². The summed E-state index contributed by atoms with van der Waals surface area (Å²) in [4.78, 5) is 20.0. The molecule has 5 nitrogen and oxygen atoms in total. The van der Waals surface area contributed by atoms with Crippen molar-refractivity contribution < 1.29 is 30.0 Å². The van der Waals surface area contributed by atoms with Crippen LogP contribution in [0.25, 0.3) is 43.8 Å². The summed E-state index contributed by atoms with van der Waals surface area (Å²) < 4.78 is 0. The molecule has 6 rings (SSSR count). The van der Waals surface area contributed by atoms with Gasteiger partial charge in [-0.1, -0.05) is 80.1 Å². The van der Waals surface area contributed by atoms with Gasteiger partial charge in [0.25, 0.3) is 0 Å². The first-order valence-electron chi connectivity index (χ1n) is 12.4. The van der Waals surface area contributed by atoms with Crippen molar-refractivity contribution in [2.24, 2.45) is 0 Å². The van der Waals surface area contributed by atoms with Gasteiger partial charge in [-0.2, -0.15) is 0 Å². The van der Waals surface area contributed by atoms with E-state index in [1.54, 1.807) is 0 Å². The van der Waals surface area contributed by atoms with Gasteiger partial charge in [0.1, 0.15) is 6.04 Å². The average Bonchev–Trinajstić information content (AvgIpc) is 3.44. The SMILES string of the molecule is CC(C)(C)c1ccc(-c2cnc3c4[c-]cccc4c4ccccc4c3n2)cc1.O=C(O)C1CCCN1.[Ir]. The third kappa shape index (κ3) is 5.57. The minimum Gasteiger partial charge on any atom is -0.480 e. The van der Waals surface area contributed by atoms with Gasteiger partial charge in [-0.15, -0.1) is 29.7 Å². The second kappa shape index (κ2) is 11.1. The number of benzene rings is 4. The molecular weight excluding hydrogens is 639 g/mol. The molecule has 1 fully saturated rings. The Balaban J connectivity index is 0.000000307. The number of aromatic nitrogens is 2. The van der Waals surface area contributed by atoms with Gasteiger partial charge in [-0.05, 0) is 35.8 Å². The van der Waals surface area contributed by atoms with Gasteiger partial charge in [-0.25, -0.2) is 0 Å². The zero-order valence-electron chi connectivity index (χ0n) is 21.2. The number of aliphatic carboxylic acids is 1. The van der Waals surface area contributed by atoms with Gasteiger partial charge in [-0.3, -0.25) is 9.78 Å². The van der Waals surface area contributed by atoms with Gasteiger partial charge >= 0.3 is 5.97 Å². The van der Waals surface area contributed by atoms with Crippen molar-refractivity contribution in [1.82, 2.24) is 15.3 Å². The summed E-state index contributed by atoms with van der Waals surface area (Å²) in [5, 5.41) is 15.7. The molecule has 1 aliphatic rings. The van der Waals surface area contributed by atoms with E-state index >= 15 is 0 Å².